The van der Waals surface area contributed by atoms with Gasteiger partial charge < -0.3 is 14.6 Å². The summed E-state index contributed by atoms with van der Waals surface area (Å²) in [6, 6.07) is 4.06. The van der Waals surface area contributed by atoms with Gasteiger partial charge in [-0.3, -0.25) is 4.79 Å². The van der Waals surface area contributed by atoms with Gasteiger partial charge in [0.05, 0.1) is 12.3 Å². The van der Waals surface area contributed by atoms with E-state index in [1.165, 1.54) is 0 Å². The summed E-state index contributed by atoms with van der Waals surface area (Å²) >= 11 is 0. The number of rotatable bonds is 2. The van der Waals surface area contributed by atoms with Crippen molar-refractivity contribution in [1.29, 1.82) is 0 Å². The van der Waals surface area contributed by atoms with Crippen LogP contribution in [-0.4, -0.2) is 30.4 Å². The predicted octanol–water partition coefficient (Wildman–Crippen LogP) is 2.36. The Kier molecular flexibility index (Phi) is 4.88. The van der Waals surface area contributed by atoms with Gasteiger partial charge in [0.25, 0.3) is 0 Å². The molecule has 2 aliphatic heterocycles. The molecule has 0 aliphatic carbocycles. The monoisotopic (exact) mass is 284 g/mol. The van der Waals surface area contributed by atoms with E-state index >= 15 is 0 Å². The van der Waals surface area contributed by atoms with Crippen molar-refractivity contribution in [1.82, 2.24) is 10.2 Å². The molecular weight excluding hydrogens is 264 g/mol. The van der Waals surface area contributed by atoms with Gasteiger partial charge in [0.1, 0.15) is 5.76 Å². The van der Waals surface area contributed by atoms with E-state index in [0.717, 1.165) is 51.1 Å². The van der Waals surface area contributed by atoms with Crippen LogP contribution in [0, 0.1) is 5.92 Å². The molecule has 3 heterocycles. The number of nitrogens with zero attached hydrogens (tertiary/aromatic N) is 1. The summed E-state index contributed by atoms with van der Waals surface area (Å²) in [6.45, 7) is 2.82. The molecule has 0 radical (unpaired) electrons. The van der Waals surface area contributed by atoms with Gasteiger partial charge in [0.15, 0.2) is 0 Å². The molecule has 5 heteroatoms. The largest absolute Gasteiger partial charge is 0.467 e. The summed E-state index contributed by atoms with van der Waals surface area (Å²) in [5.41, 5.74) is 0. The molecule has 2 aliphatic rings. The first-order valence-electron chi connectivity index (χ1n) is 6.91. The van der Waals surface area contributed by atoms with Gasteiger partial charge in [0, 0.05) is 12.5 Å². The Bertz CT molecular complexity index is 402. The molecule has 4 nitrogen and oxygen atoms in total. The van der Waals surface area contributed by atoms with Crippen LogP contribution in [0.25, 0.3) is 0 Å². The number of carbonyl (C=O) groups excluding carboxylic acids is 1. The average Bonchev–Trinajstić information content (AvgIpc) is 3.09. The van der Waals surface area contributed by atoms with Gasteiger partial charge in [-0.1, -0.05) is 0 Å². The first-order valence-corrected chi connectivity index (χ1v) is 6.91. The molecule has 0 aromatic carbocycles. The van der Waals surface area contributed by atoms with Crippen LogP contribution >= 0.6 is 12.4 Å². The van der Waals surface area contributed by atoms with Gasteiger partial charge in [-0.15, -0.1) is 12.4 Å². The number of piperidine rings is 1. The topological polar surface area (TPSA) is 45.5 Å². The number of nitrogens with one attached hydrogen (secondary N) is 1. The lowest BCUT2D eigenvalue weighted by molar-refractivity contribution is -0.137. The SMILES string of the molecule is Cl.O=C(C1CCNCC1)N1CCCC1c1ccco1. The maximum absolute atomic E-state index is 12.6. The highest BCUT2D eigenvalue weighted by Gasteiger charge is 2.35. The summed E-state index contributed by atoms with van der Waals surface area (Å²) < 4.78 is 5.48. The standard InChI is InChI=1S/C14H20N2O2.ClH/c17-14(11-5-7-15-8-6-11)16-9-1-3-12(16)13-4-2-10-18-13;/h2,4,10-12,15H,1,3,5-9H2;1H. The van der Waals surface area contributed by atoms with Crippen molar-refractivity contribution in [3.05, 3.63) is 24.2 Å². The first-order chi connectivity index (χ1) is 8.86. The molecule has 19 heavy (non-hydrogen) atoms. The minimum Gasteiger partial charge on any atom is -0.467 e. The van der Waals surface area contributed by atoms with Crippen molar-refractivity contribution in [2.75, 3.05) is 19.6 Å². The highest BCUT2D eigenvalue weighted by Crippen LogP contribution is 2.34. The van der Waals surface area contributed by atoms with Crippen molar-refractivity contribution < 1.29 is 9.21 Å². The van der Waals surface area contributed by atoms with Crippen molar-refractivity contribution in [3.8, 4) is 0 Å². The number of amides is 1. The van der Waals surface area contributed by atoms with Crippen LogP contribution in [0.2, 0.25) is 0 Å². The van der Waals surface area contributed by atoms with E-state index in [-0.39, 0.29) is 24.4 Å². The molecule has 1 amide bonds. The average molecular weight is 285 g/mol. The molecular formula is C14H21ClN2O2. The van der Waals surface area contributed by atoms with E-state index in [1.807, 2.05) is 17.0 Å². The molecule has 0 spiro atoms. The number of likely N-dealkylation sites (tertiary alicyclic amines) is 1. The Labute approximate surface area is 119 Å². The molecule has 2 fully saturated rings. The van der Waals surface area contributed by atoms with E-state index in [1.54, 1.807) is 6.26 Å². The molecule has 1 aromatic heterocycles. The van der Waals surface area contributed by atoms with Crippen LogP contribution in [-0.2, 0) is 4.79 Å². The van der Waals surface area contributed by atoms with Crippen molar-refractivity contribution in [2.24, 2.45) is 5.92 Å². The Morgan fingerprint density at radius 3 is 2.79 bits per heavy atom. The smallest absolute Gasteiger partial charge is 0.226 e. The molecule has 1 N–H and O–H groups in total. The van der Waals surface area contributed by atoms with E-state index in [4.69, 9.17) is 4.42 Å². The third-order valence-electron chi connectivity index (χ3n) is 4.10. The lowest BCUT2D eigenvalue weighted by atomic mass is 9.96. The van der Waals surface area contributed by atoms with Gasteiger partial charge in [-0.05, 0) is 50.9 Å². The molecule has 0 saturated carbocycles. The molecule has 0 bridgehead atoms. The second-order valence-electron chi connectivity index (χ2n) is 5.23. The molecule has 1 aromatic rings. The lowest BCUT2D eigenvalue weighted by Crippen LogP contribution is -2.40. The quantitative estimate of drug-likeness (QED) is 0.907. The minimum atomic E-state index is 0. The fourth-order valence-corrected chi connectivity index (χ4v) is 3.11. The summed E-state index contributed by atoms with van der Waals surface area (Å²) in [5.74, 6) is 1.48. The zero-order chi connectivity index (χ0) is 12.4. The molecule has 3 rings (SSSR count). The van der Waals surface area contributed by atoms with Crippen molar-refractivity contribution in [3.63, 3.8) is 0 Å². The van der Waals surface area contributed by atoms with Crippen molar-refractivity contribution >= 4 is 18.3 Å². The van der Waals surface area contributed by atoms with E-state index in [9.17, 15) is 4.79 Å². The fraction of sp³-hybridized carbons (Fsp3) is 0.643. The Balaban J connectivity index is 0.00000133. The number of furan rings is 1. The van der Waals surface area contributed by atoms with Crippen LogP contribution in [0.15, 0.2) is 22.8 Å². The Hall–Kier alpha value is -1.00. The maximum atomic E-state index is 12.6. The van der Waals surface area contributed by atoms with Gasteiger partial charge in [0.2, 0.25) is 5.91 Å². The van der Waals surface area contributed by atoms with E-state index in [2.05, 4.69) is 5.32 Å². The van der Waals surface area contributed by atoms with Crippen LogP contribution in [0.3, 0.4) is 0 Å². The van der Waals surface area contributed by atoms with E-state index < -0.39 is 0 Å². The number of carbonyl (C=O) groups is 1. The third kappa shape index (κ3) is 2.95. The molecule has 1 atom stereocenters. The second kappa shape index (κ2) is 6.44. The van der Waals surface area contributed by atoms with Gasteiger partial charge in [-0.2, -0.15) is 0 Å². The summed E-state index contributed by atoms with van der Waals surface area (Å²) in [7, 11) is 0. The summed E-state index contributed by atoms with van der Waals surface area (Å²) in [4.78, 5) is 14.6. The number of hydrogen-bond donors (Lipinski definition) is 1. The van der Waals surface area contributed by atoms with Gasteiger partial charge in [-0.25, -0.2) is 0 Å². The van der Waals surface area contributed by atoms with E-state index in [0.29, 0.717) is 5.91 Å². The summed E-state index contributed by atoms with van der Waals surface area (Å²) in [5, 5.41) is 3.31. The van der Waals surface area contributed by atoms with Crippen LogP contribution in [0.4, 0.5) is 0 Å². The predicted molar refractivity (Wildman–Crippen MR) is 75.2 cm³/mol. The van der Waals surface area contributed by atoms with Gasteiger partial charge >= 0.3 is 0 Å². The third-order valence-corrected chi connectivity index (χ3v) is 4.10. The zero-order valence-electron chi connectivity index (χ0n) is 11.0. The minimum absolute atomic E-state index is 0. The molecule has 1 unspecified atom stereocenters. The van der Waals surface area contributed by atoms with Crippen LogP contribution in [0.1, 0.15) is 37.5 Å². The highest BCUT2D eigenvalue weighted by atomic mass is 35.5. The number of hydrogen-bond acceptors (Lipinski definition) is 3. The highest BCUT2D eigenvalue weighted by molar-refractivity contribution is 5.85. The van der Waals surface area contributed by atoms with Crippen molar-refractivity contribution in [2.45, 2.75) is 31.7 Å². The molecule has 2 saturated heterocycles. The van der Waals surface area contributed by atoms with Crippen LogP contribution in [0.5, 0.6) is 0 Å². The molecule has 106 valence electrons. The van der Waals surface area contributed by atoms with Crippen LogP contribution < -0.4 is 5.32 Å². The first kappa shape index (κ1) is 14.4. The number of halogens is 1. The zero-order valence-corrected chi connectivity index (χ0v) is 11.8. The fourth-order valence-electron chi connectivity index (χ4n) is 3.11. The summed E-state index contributed by atoms with van der Waals surface area (Å²) in [6.07, 6.45) is 5.76. The Morgan fingerprint density at radius 2 is 2.11 bits per heavy atom. The normalized spacial score (nSPS) is 24.2. The Morgan fingerprint density at radius 1 is 1.32 bits per heavy atom. The maximum Gasteiger partial charge on any atom is 0.226 e. The lowest BCUT2D eigenvalue weighted by Gasteiger charge is -2.30. The second-order valence-corrected chi connectivity index (χ2v) is 5.23.